The molecule has 2 aromatic heterocycles. The summed E-state index contributed by atoms with van der Waals surface area (Å²) in [5.74, 6) is 0.391. The molecule has 0 saturated heterocycles. The van der Waals surface area contributed by atoms with Gasteiger partial charge in [-0.15, -0.1) is 5.10 Å². The normalized spacial score (nSPS) is 14.8. The zero-order chi connectivity index (χ0) is 27.5. The van der Waals surface area contributed by atoms with Crippen LogP contribution in [-0.2, 0) is 13.0 Å². The minimum absolute atomic E-state index is 0.156. The van der Waals surface area contributed by atoms with Crippen LogP contribution in [0.5, 0.6) is 0 Å². The van der Waals surface area contributed by atoms with E-state index in [9.17, 15) is 9.18 Å². The highest BCUT2D eigenvalue weighted by molar-refractivity contribution is 5.82. The molecule has 0 amide bonds. The Hall–Kier alpha value is -4.17. The highest BCUT2D eigenvalue weighted by Gasteiger charge is 2.33. The van der Waals surface area contributed by atoms with Crippen LogP contribution in [0, 0.1) is 12.7 Å². The zero-order valence-corrected chi connectivity index (χ0v) is 22.6. The fourth-order valence-electron chi connectivity index (χ4n) is 5.93. The summed E-state index contributed by atoms with van der Waals surface area (Å²) in [5.41, 5.74) is 4.44. The smallest absolute Gasteiger partial charge is 0.253 e. The van der Waals surface area contributed by atoms with Gasteiger partial charge in [-0.25, -0.2) is 9.07 Å². The minimum atomic E-state index is -0.502. The van der Waals surface area contributed by atoms with E-state index in [4.69, 9.17) is 0 Å². The maximum Gasteiger partial charge on any atom is 0.253 e. The molecule has 1 N–H and O–H groups in total. The second kappa shape index (κ2) is 11.5. The lowest BCUT2D eigenvalue weighted by atomic mass is 10.00. The number of hydrogen-bond donors (Lipinski definition) is 1. The average Bonchev–Trinajstić information content (AvgIpc) is 3.67. The molecule has 7 nitrogen and oxygen atoms in total. The molecule has 1 atom stereocenters. The van der Waals surface area contributed by atoms with Crippen LogP contribution in [0.25, 0.3) is 10.9 Å². The number of tetrazole rings is 1. The van der Waals surface area contributed by atoms with Crippen molar-refractivity contribution in [2.75, 3.05) is 6.54 Å². The summed E-state index contributed by atoms with van der Waals surface area (Å²) >= 11 is 0. The predicted molar refractivity (Wildman–Crippen MR) is 153 cm³/mol. The number of pyridine rings is 1. The van der Waals surface area contributed by atoms with E-state index in [1.54, 1.807) is 12.1 Å². The van der Waals surface area contributed by atoms with Gasteiger partial charge in [0.25, 0.3) is 5.56 Å². The van der Waals surface area contributed by atoms with Crippen molar-refractivity contribution in [3.8, 4) is 0 Å². The predicted octanol–water partition coefficient (Wildman–Crippen LogP) is 5.91. The maximum atomic E-state index is 13.8. The van der Waals surface area contributed by atoms with E-state index in [2.05, 4.69) is 37.5 Å². The van der Waals surface area contributed by atoms with Crippen LogP contribution in [0.2, 0.25) is 0 Å². The molecule has 0 bridgehead atoms. The highest BCUT2D eigenvalue weighted by atomic mass is 19.1. The van der Waals surface area contributed by atoms with Crippen LogP contribution in [0.1, 0.15) is 65.8 Å². The van der Waals surface area contributed by atoms with E-state index in [0.717, 1.165) is 54.1 Å². The molecule has 204 valence electrons. The molecular weight excluding hydrogens is 503 g/mol. The molecule has 1 saturated carbocycles. The Balaban J connectivity index is 1.50. The van der Waals surface area contributed by atoms with Gasteiger partial charge in [-0.1, -0.05) is 73.5 Å². The number of H-pyrrole nitrogens is 1. The molecule has 1 aliphatic rings. The van der Waals surface area contributed by atoms with Gasteiger partial charge in [-0.05, 0) is 76.9 Å². The van der Waals surface area contributed by atoms with Crippen LogP contribution in [0.15, 0.2) is 83.7 Å². The number of hydrogen-bond acceptors (Lipinski definition) is 5. The largest absolute Gasteiger partial charge is 0.321 e. The van der Waals surface area contributed by atoms with E-state index in [-0.39, 0.29) is 17.4 Å². The van der Waals surface area contributed by atoms with Gasteiger partial charge in [0.1, 0.15) is 11.9 Å². The molecule has 1 aliphatic carbocycles. The summed E-state index contributed by atoms with van der Waals surface area (Å²) in [5, 5.41) is 14.1. The molecular formula is C32H33FN6O. The van der Waals surface area contributed by atoms with E-state index in [1.165, 1.54) is 17.7 Å². The Labute approximate surface area is 232 Å². The fourth-order valence-corrected chi connectivity index (χ4v) is 5.93. The number of halogens is 1. The maximum absolute atomic E-state index is 13.8. The molecule has 0 spiro atoms. The van der Waals surface area contributed by atoms with Crippen molar-refractivity contribution in [3.63, 3.8) is 0 Å². The molecule has 5 aromatic rings. The molecule has 0 unspecified atom stereocenters. The number of rotatable bonds is 9. The third-order valence-electron chi connectivity index (χ3n) is 8.04. The summed E-state index contributed by atoms with van der Waals surface area (Å²) in [4.78, 5) is 19.2. The van der Waals surface area contributed by atoms with Gasteiger partial charge in [0, 0.05) is 18.7 Å². The number of aryl methyl sites for hydroxylation is 1. The number of aromatic amines is 1. The molecule has 0 radical (unpaired) electrons. The van der Waals surface area contributed by atoms with Crippen molar-refractivity contribution < 1.29 is 4.39 Å². The standard InChI is InChI=1S/C32H33FN6O/c1-22-8-7-11-25-20-28(32(40)34-29(22)25)30(31-35-36-37-39(31)27-12-5-6-13-27)38(19-18-23-9-3-2-4-10-23)21-24-14-16-26(33)17-15-24/h2-4,7-11,14-17,20,27,30H,5-6,12-13,18-19,21H2,1H3,(H,34,40)/t30-/m1/s1. The Morgan fingerprint density at radius 3 is 2.55 bits per heavy atom. The molecule has 1 fully saturated rings. The molecule has 40 heavy (non-hydrogen) atoms. The number of fused-ring (bicyclic) bond motifs is 1. The summed E-state index contributed by atoms with van der Waals surface area (Å²) < 4.78 is 15.8. The SMILES string of the molecule is Cc1cccc2cc([C@H](c3nnnn3C3CCCC3)N(CCc3ccccc3)Cc3ccc(F)cc3)c(=O)[nH]c12. The zero-order valence-electron chi connectivity index (χ0n) is 22.6. The number of nitrogens with one attached hydrogen (secondary N) is 1. The van der Waals surface area contributed by atoms with Crippen LogP contribution in [0.4, 0.5) is 4.39 Å². The summed E-state index contributed by atoms with van der Waals surface area (Å²) in [6, 6.07) is 24.6. The van der Waals surface area contributed by atoms with E-state index >= 15 is 0 Å². The first-order chi connectivity index (χ1) is 19.6. The Bertz CT molecular complexity index is 1640. The van der Waals surface area contributed by atoms with Gasteiger partial charge >= 0.3 is 0 Å². The van der Waals surface area contributed by atoms with Crippen LogP contribution in [-0.4, -0.2) is 36.6 Å². The van der Waals surface area contributed by atoms with Crippen molar-refractivity contribution in [1.29, 1.82) is 0 Å². The quantitative estimate of drug-likeness (QED) is 0.253. The van der Waals surface area contributed by atoms with Crippen LogP contribution >= 0.6 is 0 Å². The first kappa shape index (κ1) is 26.1. The van der Waals surface area contributed by atoms with Crippen molar-refractivity contribution in [2.24, 2.45) is 0 Å². The van der Waals surface area contributed by atoms with Gasteiger partial charge in [0.15, 0.2) is 5.82 Å². The molecule has 2 heterocycles. The minimum Gasteiger partial charge on any atom is -0.321 e. The Kier molecular flexibility index (Phi) is 7.51. The van der Waals surface area contributed by atoms with Crippen molar-refractivity contribution >= 4 is 10.9 Å². The third-order valence-corrected chi connectivity index (χ3v) is 8.04. The van der Waals surface area contributed by atoms with Crippen molar-refractivity contribution in [2.45, 2.75) is 57.7 Å². The first-order valence-corrected chi connectivity index (χ1v) is 14.0. The lowest BCUT2D eigenvalue weighted by molar-refractivity contribution is 0.201. The summed E-state index contributed by atoms with van der Waals surface area (Å²) in [7, 11) is 0. The topological polar surface area (TPSA) is 79.7 Å². The summed E-state index contributed by atoms with van der Waals surface area (Å²) in [6.07, 6.45) is 5.07. The highest BCUT2D eigenvalue weighted by Crippen LogP contribution is 2.34. The number of benzene rings is 3. The summed E-state index contributed by atoms with van der Waals surface area (Å²) in [6.45, 7) is 3.15. The van der Waals surface area contributed by atoms with E-state index in [0.29, 0.717) is 24.5 Å². The Morgan fingerprint density at radius 1 is 1.00 bits per heavy atom. The molecule has 3 aromatic carbocycles. The number of nitrogens with zero attached hydrogens (tertiary/aromatic N) is 5. The second-order valence-electron chi connectivity index (χ2n) is 10.7. The van der Waals surface area contributed by atoms with Gasteiger partial charge < -0.3 is 4.98 Å². The number of para-hydroxylation sites is 1. The van der Waals surface area contributed by atoms with Gasteiger partial charge in [0.05, 0.1) is 11.6 Å². The lowest BCUT2D eigenvalue weighted by Crippen LogP contribution is -2.36. The van der Waals surface area contributed by atoms with Gasteiger partial charge in [-0.3, -0.25) is 9.69 Å². The van der Waals surface area contributed by atoms with E-state index < -0.39 is 6.04 Å². The molecule has 6 rings (SSSR count). The van der Waals surface area contributed by atoms with Crippen molar-refractivity contribution in [3.05, 3.63) is 123 Å². The monoisotopic (exact) mass is 536 g/mol. The second-order valence-corrected chi connectivity index (χ2v) is 10.7. The van der Waals surface area contributed by atoms with Gasteiger partial charge in [-0.2, -0.15) is 0 Å². The van der Waals surface area contributed by atoms with E-state index in [1.807, 2.05) is 54.1 Å². The van der Waals surface area contributed by atoms with Gasteiger partial charge in [0.2, 0.25) is 0 Å². The molecule has 8 heteroatoms. The number of aromatic nitrogens is 5. The first-order valence-electron chi connectivity index (χ1n) is 14.0. The third kappa shape index (κ3) is 5.45. The van der Waals surface area contributed by atoms with Crippen molar-refractivity contribution in [1.82, 2.24) is 30.1 Å². The average molecular weight is 537 g/mol. The van der Waals surface area contributed by atoms with Crippen LogP contribution in [0.3, 0.4) is 0 Å². The Morgan fingerprint density at radius 2 is 1.77 bits per heavy atom. The fraction of sp³-hybridized carbons (Fsp3) is 0.312. The molecule has 0 aliphatic heterocycles. The lowest BCUT2D eigenvalue weighted by Gasteiger charge is -2.32. The van der Waals surface area contributed by atoms with Crippen LogP contribution < -0.4 is 5.56 Å².